The number of fused-ring (bicyclic) bond motifs is 12. The van der Waals surface area contributed by atoms with Gasteiger partial charge in [-0.05, 0) is 91.7 Å². The minimum atomic E-state index is 0.922. The maximum atomic E-state index is 4.96. The third-order valence-corrected chi connectivity index (χ3v) is 13.8. The lowest BCUT2D eigenvalue weighted by Gasteiger charge is -2.13. The average Bonchev–Trinajstić information content (AvgIpc) is 3.85. The van der Waals surface area contributed by atoms with Gasteiger partial charge in [0.15, 0.2) is 0 Å². The predicted octanol–water partition coefficient (Wildman–Crippen LogP) is 15.3. The summed E-state index contributed by atoms with van der Waals surface area (Å²) < 4.78 is 5.30. The van der Waals surface area contributed by atoms with Crippen LogP contribution in [0.4, 0.5) is 0 Å². The van der Waals surface area contributed by atoms with Gasteiger partial charge in [-0.15, -0.1) is 22.7 Å². The standard InChI is InChI=1S/C52H30N2S2/c1-3-19-47-41(13-1)43-17-7-15-37(51(43)55-47)35-11-5-9-31(27-35)33-21-23-39-40-24-22-34(30-46(40)50-49(45(39)29-33)53-25-26-54-50)32-10-6-12-36(28-32)38-16-8-18-44-42-14-2-4-20-48(42)56-52(38)44/h1-30H. The highest BCUT2D eigenvalue weighted by Gasteiger charge is 2.16. The molecular formula is C52H30N2S2. The summed E-state index contributed by atoms with van der Waals surface area (Å²) in [6.45, 7) is 0. The number of thiophene rings is 2. The average molecular weight is 747 g/mol. The molecule has 0 spiro atoms. The zero-order chi connectivity index (χ0) is 36.7. The quantitative estimate of drug-likeness (QED) is 0.168. The van der Waals surface area contributed by atoms with Gasteiger partial charge in [-0.2, -0.15) is 0 Å². The molecule has 0 N–H and O–H groups in total. The summed E-state index contributed by atoms with van der Waals surface area (Å²) in [4.78, 5) is 9.91. The number of aromatic nitrogens is 2. The molecule has 0 saturated carbocycles. The Morgan fingerprint density at radius 2 is 0.696 bits per heavy atom. The lowest BCUT2D eigenvalue weighted by molar-refractivity contribution is 1.31. The van der Waals surface area contributed by atoms with Gasteiger partial charge in [0, 0.05) is 63.5 Å². The molecule has 3 heterocycles. The van der Waals surface area contributed by atoms with Crippen molar-refractivity contribution < 1.29 is 0 Å². The Balaban J connectivity index is 0.968. The molecule has 4 heteroatoms. The van der Waals surface area contributed by atoms with Gasteiger partial charge in [0.1, 0.15) is 0 Å². The van der Waals surface area contributed by atoms with E-state index in [2.05, 4.69) is 170 Å². The second-order valence-electron chi connectivity index (χ2n) is 14.5. The van der Waals surface area contributed by atoms with E-state index >= 15 is 0 Å². The van der Waals surface area contributed by atoms with Crippen LogP contribution < -0.4 is 0 Å². The molecule has 0 aliphatic carbocycles. The largest absolute Gasteiger partial charge is 0.252 e. The van der Waals surface area contributed by atoms with Crippen LogP contribution in [-0.2, 0) is 0 Å². The first-order chi connectivity index (χ1) is 27.7. The summed E-state index contributed by atoms with van der Waals surface area (Å²) in [7, 11) is 0. The molecular weight excluding hydrogens is 717 g/mol. The van der Waals surface area contributed by atoms with E-state index in [1.807, 2.05) is 35.1 Å². The highest BCUT2D eigenvalue weighted by Crippen LogP contribution is 2.43. The van der Waals surface area contributed by atoms with Crippen molar-refractivity contribution in [2.24, 2.45) is 0 Å². The van der Waals surface area contributed by atoms with E-state index in [0.717, 1.165) is 32.9 Å². The molecule has 0 atom stereocenters. The molecule has 0 amide bonds. The van der Waals surface area contributed by atoms with Gasteiger partial charge in [0.05, 0.1) is 11.0 Å². The minimum absolute atomic E-state index is 0.922. The van der Waals surface area contributed by atoms with Crippen molar-refractivity contribution in [3.05, 3.63) is 182 Å². The molecule has 12 rings (SSSR count). The third kappa shape index (κ3) is 4.86. The molecule has 9 aromatic carbocycles. The summed E-state index contributed by atoms with van der Waals surface area (Å²) >= 11 is 3.75. The van der Waals surface area contributed by atoms with Gasteiger partial charge >= 0.3 is 0 Å². The molecule has 0 radical (unpaired) electrons. The summed E-state index contributed by atoms with van der Waals surface area (Å²) in [6.07, 6.45) is 3.63. The van der Waals surface area contributed by atoms with Crippen LogP contribution in [0, 0.1) is 0 Å². The van der Waals surface area contributed by atoms with Gasteiger partial charge < -0.3 is 0 Å². The Bertz CT molecular complexity index is 3300. The number of nitrogens with zero attached hydrogens (tertiary/aromatic N) is 2. The van der Waals surface area contributed by atoms with Crippen LogP contribution in [-0.4, -0.2) is 9.97 Å². The third-order valence-electron chi connectivity index (χ3n) is 11.4. The Labute approximate surface area is 330 Å². The smallest absolute Gasteiger partial charge is 0.0971 e. The number of hydrogen-bond donors (Lipinski definition) is 0. The number of benzene rings is 9. The Hall–Kier alpha value is -6.72. The van der Waals surface area contributed by atoms with E-state index in [1.165, 1.54) is 84.5 Å². The van der Waals surface area contributed by atoms with Gasteiger partial charge in [0.2, 0.25) is 0 Å². The zero-order valence-corrected chi connectivity index (χ0v) is 31.7. The number of hydrogen-bond acceptors (Lipinski definition) is 4. The fourth-order valence-electron chi connectivity index (χ4n) is 8.72. The molecule has 0 unspecified atom stereocenters. The molecule has 260 valence electrons. The van der Waals surface area contributed by atoms with Crippen molar-refractivity contribution in [3.8, 4) is 44.5 Å². The van der Waals surface area contributed by atoms with E-state index in [0.29, 0.717) is 0 Å². The van der Waals surface area contributed by atoms with Crippen LogP contribution in [0.3, 0.4) is 0 Å². The van der Waals surface area contributed by atoms with Crippen molar-refractivity contribution in [2.45, 2.75) is 0 Å². The highest BCUT2D eigenvalue weighted by molar-refractivity contribution is 7.26. The first kappa shape index (κ1) is 31.6. The highest BCUT2D eigenvalue weighted by atomic mass is 32.1. The van der Waals surface area contributed by atoms with E-state index in [1.54, 1.807) is 0 Å². The van der Waals surface area contributed by atoms with Crippen molar-refractivity contribution in [1.82, 2.24) is 9.97 Å². The van der Waals surface area contributed by atoms with Crippen LogP contribution >= 0.6 is 22.7 Å². The molecule has 0 aliphatic heterocycles. The van der Waals surface area contributed by atoms with E-state index < -0.39 is 0 Å². The molecule has 0 fully saturated rings. The fraction of sp³-hybridized carbons (Fsp3) is 0. The van der Waals surface area contributed by atoms with Crippen LogP contribution in [0.5, 0.6) is 0 Å². The molecule has 2 nitrogen and oxygen atoms in total. The predicted molar refractivity (Wildman–Crippen MR) is 242 cm³/mol. The first-order valence-corrected chi connectivity index (χ1v) is 20.5. The van der Waals surface area contributed by atoms with E-state index in [-0.39, 0.29) is 0 Å². The second kappa shape index (κ2) is 12.4. The van der Waals surface area contributed by atoms with Crippen molar-refractivity contribution in [2.75, 3.05) is 0 Å². The van der Waals surface area contributed by atoms with Gasteiger partial charge in [-0.1, -0.05) is 133 Å². The summed E-state index contributed by atoms with van der Waals surface area (Å²) in [5.74, 6) is 0. The van der Waals surface area contributed by atoms with Crippen LogP contribution in [0.1, 0.15) is 0 Å². The molecule has 12 aromatic rings. The fourth-order valence-corrected chi connectivity index (χ4v) is 11.2. The van der Waals surface area contributed by atoms with Crippen LogP contribution in [0.15, 0.2) is 182 Å². The van der Waals surface area contributed by atoms with Crippen molar-refractivity contribution in [3.63, 3.8) is 0 Å². The molecule has 0 saturated heterocycles. The van der Waals surface area contributed by atoms with Gasteiger partial charge in [0.25, 0.3) is 0 Å². The van der Waals surface area contributed by atoms with Crippen molar-refractivity contribution >= 4 is 95.6 Å². The van der Waals surface area contributed by atoms with Gasteiger partial charge in [-0.25, -0.2) is 0 Å². The minimum Gasteiger partial charge on any atom is -0.252 e. The molecule has 0 aliphatic rings. The topological polar surface area (TPSA) is 25.8 Å². The lowest BCUT2D eigenvalue weighted by atomic mass is 9.92. The Morgan fingerprint density at radius 1 is 0.286 bits per heavy atom. The lowest BCUT2D eigenvalue weighted by Crippen LogP contribution is -1.90. The zero-order valence-electron chi connectivity index (χ0n) is 30.0. The summed E-state index contributed by atoms with van der Waals surface area (Å²) in [6, 6.07) is 62.4. The van der Waals surface area contributed by atoms with Crippen LogP contribution in [0.2, 0.25) is 0 Å². The number of rotatable bonds is 4. The maximum absolute atomic E-state index is 4.96. The van der Waals surface area contributed by atoms with Crippen molar-refractivity contribution in [1.29, 1.82) is 0 Å². The summed E-state index contributed by atoms with van der Waals surface area (Å²) in [5.41, 5.74) is 11.5. The Kier molecular flexibility index (Phi) is 7.00. The monoisotopic (exact) mass is 746 g/mol. The van der Waals surface area contributed by atoms with Gasteiger partial charge in [-0.3, -0.25) is 9.97 Å². The normalized spacial score (nSPS) is 11.9. The summed E-state index contributed by atoms with van der Waals surface area (Å²) in [5, 5.41) is 9.86. The van der Waals surface area contributed by atoms with E-state index in [4.69, 9.17) is 9.97 Å². The molecule has 56 heavy (non-hydrogen) atoms. The first-order valence-electron chi connectivity index (χ1n) is 18.9. The SMILES string of the molecule is c1cc(-c2ccc3c4ccc(-c5cccc(-c6cccc7c6sc6ccccc67)c5)cc4c4nccnc4c3c2)cc(-c2cccc3c2sc2ccccc23)c1. The Morgan fingerprint density at radius 3 is 1.20 bits per heavy atom. The van der Waals surface area contributed by atoms with Crippen LogP contribution in [0.25, 0.3) is 117 Å². The van der Waals surface area contributed by atoms with E-state index in [9.17, 15) is 0 Å². The molecule has 0 bridgehead atoms. The maximum Gasteiger partial charge on any atom is 0.0971 e. The molecule has 3 aromatic heterocycles. The second-order valence-corrected chi connectivity index (χ2v) is 16.6.